The number of rotatable bonds is 5. The van der Waals surface area contributed by atoms with Crippen LogP contribution in [0.2, 0.25) is 0 Å². The standard InChI is InChI=1S/C13H17F3N2O2S.ClH/c1-12(8-17,9-5-6-9)18-21(19,20)11-4-2-3-10(7-11)13(14,15)16;/h2-4,7,9,18H,5-6,8,17H2,1H3;1H. The average molecular weight is 359 g/mol. The van der Waals surface area contributed by atoms with Crippen molar-refractivity contribution in [1.82, 2.24) is 4.72 Å². The first-order valence-corrected chi connectivity index (χ1v) is 7.98. The van der Waals surface area contributed by atoms with Gasteiger partial charge in [0.1, 0.15) is 0 Å². The third-order valence-electron chi connectivity index (χ3n) is 3.74. The molecule has 1 saturated carbocycles. The number of alkyl halides is 3. The molecule has 1 aliphatic carbocycles. The summed E-state index contributed by atoms with van der Waals surface area (Å²) in [5.74, 6) is 0.128. The minimum absolute atomic E-state index is 0. The number of nitrogens with one attached hydrogen (secondary N) is 1. The molecule has 1 aromatic rings. The summed E-state index contributed by atoms with van der Waals surface area (Å²) < 4.78 is 65.0. The van der Waals surface area contributed by atoms with Crippen molar-refractivity contribution in [2.75, 3.05) is 6.54 Å². The van der Waals surface area contributed by atoms with Crippen LogP contribution in [0.15, 0.2) is 29.2 Å². The number of nitrogens with two attached hydrogens (primary N) is 1. The smallest absolute Gasteiger partial charge is 0.329 e. The van der Waals surface area contributed by atoms with Crippen LogP contribution in [0, 0.1) is 5.92 Å². The Morgan fingerprint density at radius 2 is 1.91 bits per heavy atom. The maximum atomic E-state index is 12.7. The predicted molar refractivity (Wildman–Crippen MR) is 79.2 cm³/mol. The summed E-state index contributed by atoms with van der Waals surface area (Å²) in [5.41, 5.74) is 3.80. The summed E-state index contributed by atoms with van der Waals surface area (Å²) in [5, 5.41) is 0. The van der Waals surface area contributed by atoms with Crippen LogP contribution in [0.25, 0.3) is 0 Å². The van der Waals surface area contributed by atoms with Gasteiger partial charge in [-0.15, -0.1) is 12.4 Å². The molecule has 126 valence electrons. The fraction of sp³-hybridized carbons (Fsp3) is 0.538. The number of sulfonamides is 1. The highest BCUT2D eigenvalue weighted by molar-refractivity contribution is 7.89. The van der Waals surface area contributed by atoms with Crippen LogP contribution in [0.1, 0.15) is 25.3 Å². The van der Waals surface area contributed by atoms with E-state index in [1.54, 1.807) is 6.92 Å². The van der Waals surface area contributed by atoms with Crippen LogP contribution in [-0.2, 0) is 16.2 Å². The minimum Gasteiger partial charge on any atom is -0.329 e. The first kappa shape index (κ1) is 19.2. The molecule has 4 nitrogen and oxygen atoms in total. The molecule has 0 heterocycles. The number of hydrogen-bond acceptors (Lipinski definition) is 3. The third kappa shape index (κ3) is 4.13. The van der Waals surface area contributed by atoms with Crippen LogP contribution in [0.3, 0.4) is 0 Å². The number of halogens is 4. The summed E-state index contributed by atoms with van der Waals surface area (Å²) >= 11 is 0. The van der Waals surface area contributed by atoms with Crippen LogP contribution >= 0.6 is 12.4 Å². The Balaban J connectivity index is 0.00000242. The van der Waals surface area contributed by atoms with Crippen molar-refractivity contribution in [2.24, 2.45) is 11.7 Å². The monoisotopic (exact) mass is 358 g/mol. The zero-order valence-corrected chi connectivity index (χ0v) is 13.5. The van der Waals surface area contributed by atoms with E-state index in [-0.39, 0.29) is 24.9 Å². The second-order valence-corrected chi connectivity index (χ2v) is 7.21. The number of benzene rings is 1. The van der Waals surface area contributed by atoms with Gasteiger partial charge in [-0.2, -0.15) is 13.2 Å². The van der Waals surface area contributed by atoms with Gasteiger partial charge in [-0.1, -0.05) is 6.07 Å². The summed E-state index contributed by atoms with van der Waals surface area (Å²) in [6.07, 6.45) is -2.86. The predicted octanol–water partition coefficient (Wildman–Crippen LogP) is 2.53. The average Bonchev–Trinajstić information content (AvgIpc) is 3.22. The zero-order valence-electron chi connectivity index (χ0n) is 11.9. The Morgan fingerprint density at radius 1 is 1.32 bits per heavy atom. The normalized spacial score (nSPS) is 18.4. The molecular weight excluding hydrogens is 341 g/mol. The van der Waals surface area contributed by atoms with Crippen molar-refractivity contribution in [3.05, 3.63) is 29.8 Å². The Morgan fingerprint density at radius 3 is 2.36 bits per heavy atom. The molecule has 0 amide bonds. The first-order chi connectivity index (χ1) is 9.58. The second-order valence-electron chi connectivity index (χ2n) is 5.53. The maximum Gasteiger partial charge on any atom is 0.416 e. The van der Waals surface area contributed by atoms with Gasteiger partial charge >= 0.3 is 6.18 Å². The molecule has 1 fully saturated rings. The minimum atomic E-state index is -4.58. The Hall–Kier alpha value is -0.830. The Labute approximate surface area is 133 Å². The van der Waals surface area contributed by atoms with Gasteiger partial charge in [-0.05, 0) is 43.9 Å². The van der Waals surface area contributed by atoms with E-state index in [1.807, 2.05) is 0 Å². The summed E-state index contributed by atoms with van der Waals surface area (Å²) in [6.45, 7) is 1.77. The summed E-state index contributed by atoms with van der Waals surface area (Å²) in [6, 6.07) is 3.68. The molecule has 1 aromatic carbocycles. The highest BCUT2D eigenvalue weighted by atomic mass is 35.5. The van der Waals surface area contributed by atoms with E-state index in [2.05, 4.69) is 4.72 Å². The fourth-order valence-electron chi connectivity index (χ4n) is 2.22. The van der Waals surface area contributed by atoms with Gasteiger partial charge in [0, 0.05) is 12.1 Å². The molecule has 1 aliphatic rings. The Kier molecular flexibility index (Phi) is 5.55. The molecule has 1 atom stereocenters. The van der Waals surface area contributed by atoms with Crippen molar-refractivity contribution in [1.29, 1.82) is 0 Å². The maximum absolute atomic E-state index is 12.7. The van der Waals surface area contributed by atoms with Crippen molar-refractivity contribution in [3.8, 4) is 0 Å². The van der Waals surface area contributed by atoms with E-state index in [1.165, 1.54) is 0 Å². The lowest BCUT2D eigenvalue weighted by molar-refractivity contribution is -0.137. The van der Waals surface area contributed by atoms with Crippen LogP contribution in [-0.4, -0.2) is 20.5 Å². The molecule has 0 saturated heterocycles. The molecule has 0 radical (unpaired) electrons. The van der Waals surface area contributed by atoms with Crippen molar-refractivity contribution in [2.45, 2.75) is 36.4 Å². The van der Waals surface area contributed by atoms with Gasteiger partial charge in [0.25, 0.3) is 0 Å². The third-order valence-corrected chi connectivity index (χ3v) is 5.35. The fourth-order valence-corrected chi connectivity index (χ4v) is 3.74. The van der Waals surface area contributed by atoms with Crippen molar-refractivity contribution < 1.29 is 21.6 Å². The van der Waals surface area contributed by atoms with Crippen molar-refractivity contribution >= 4 is 22.4 Å². The summed E-state index contributed by atoms with van der Waals surface area (Å²) in [4.78, 5) is -0.405. The van der Waals surface area contributed by atoms with E-state index in [0.29, 0.717) is 6.07 Å². The van der Waals surface area contributed by atoms with Crippen LogP contribution in [0.5, 0.6) is 0 Å². The van der Waals surface area contributed by atoms with Gasteiger partial charge in [-0.3, -0.25) is 0 Å². The molecule has 0 aliphatic heterocycles. The lowest BCUT2D eigenvalue weighted by Crippen LogP contribution is -2.52. The van der Waals surface area contributed by atoms with Gasteiger partial charge in [0.05, 0.1) is 10.5 Å². The second kappa shape index (κ2) is 6.35. The molecule has 2 rings (SSSR count). The lowest BCUT2D eigenvalue weighted by Gasteiger charge is -2.29. The van der Waals surface area contributed by atoms with Gasteiger partial charge in [0.15, 0.2) is 0 Å². The van der Waals surface area contributed by atoms with E-state index in [0.717, 1.165) is 31.0 Å². The molecular formula is C13H18ClF3N2O2S. The number of hydrogen-bond donors (Lipinski definition) is 2. The first-order valence-electron chi connectivity index (χ1n) is 6.50. The van der Waals surface area contributed by atoms with E-state index in [4.69, 9.17) is 5.73 Å². The SMILES string of the molecule is CC(CN)(NS(=O)(=O)c1cccc(C(F)(F)F)c1)C1CC1.Cl. The van der Waals surface area contributed by atoms with Gasteiger partial charge in [0.2, 0.25) is 10.0 Å². The molecule has 9 heteroatoms. The molecule has 1 unspecified atom stereocenters. The quantitative estimate of drug-likeness (QED) is 0.849. The zero-order chi connectivity index (χ0) is 15.9. The topological polar surface area (TPSA) is 72.2 Å². The van der Waals surface area contributed by atoms with Crippen LogP contribution < -0.4 is 10.5 Å². The molecule has 22 heavy (non-hydrogen) atoms. The largest absolute Gasteiger partial charge is 0.416 e. The highest BCUT2D eigenvalue weighted by Crippen LogP contribution is 2.40. The molecule has 0 spiro atoms. The van der Waals surface area contributed by atoms with Crippen molar-refractivity contribution in [3.63, 3.8) is 0 Å². The van der Waals surface area contributed by atoms with E-state index >= 15 is 0 Å². The van der Waals surface area contributed by atoms with Gasteiger partial charge < -0.3 is 5.73 Å². The molecule has 0 bridgehead atoms. The van der Waals surface area contributed by atoms with Crippen LogP contribution in [0.4, 0.5) is 13.2 Å². The summed E-state index contributed by atoms with van der Waals surface area (Å²) in [7, 11) is -4.05. The Bertz CT molecular complexity index is 632. The molecule has 0 aromatic heterocycles. The lowest BCUT2D eigenvalue weighted by atomic mass is 9.98. The molecule has 3 N–H and O–H groups in total. The van der Waals surface area contributed by atoms with E-state index < -0.39 is 32.2 Å². The highest BCUT2D eigenvalue weighted by Gasteiger charge is 2.43. The van der Waals surface area contributed by atoms with Gasteiger partial charge in [-0.25, -0.2) is 13.1 Å². The van der Waals surface area contributed by atoms with E-state index in [9.17, 15) is 21.6 Å².